The topological polar surface area (TPSA) is 59.1 Å². The summed E-state index contributed by atoms with van der Waals surface area (Å²) in [6.45, 7) is 1.92. The van der Waals surface area contributed by atoms with Gasteiger partial charge in [0.1, 0.15) is 5.01 Å². The smallest absolute Gasteiger partial charge is 0.234 e. The molecule has 0 radical (unpaired) electrons. The fraction of sp³-hybridized carbons (Fsp3) is 0.312. The van der Waals surface area contributed by atoms with Crippen molar-refractivity contribution in [1.29, 1.82) is 0 Å². The van der Waals surface area contributed by atoms with Gasteiger partial charge in [0.05, 0.1) is 6.04 Å². The number of aromatic nitrogens is 1. The van der Waals surface area contributed by atoms with Gasteiger partial charge in [0, 0.05) is 16.5 Å². The first-order valence-corrected chi connectivity index (χ1v) is 9.63. The van der Waals surface area contributed by atoms with Crippen LogP contribution in [-0.4, -0.2) is 13.4 Å². The Bertz CT molecular complexity index is 762. The number of sulfonamides is 1. The highest BCUT2D eigenvalue weighted by Crippen LogP contribution is 2.42. The van der Waals surface area contributed by atoms with E-state index in [0.29, 0.717) is 5.92 Å². The van der Waals surface area contributed by atoms with Crippen molar-refractivity contribution >= 4 is 27.4 Å². The first-order valence-electron chi connectivity index (χ1n) is 7.21. The average Bonchev–Trinajstić information content (AvgIpc) is 3.26. The lowest BCUT2D eigenvalue weighted by atomic mass is 10.2. The molecule has 0 saturated heterocycles. The second kappa shape index (κ2) is 6.32. The van der Waals surface area contributed by atoms with Gasteiger partial charge in [0.25, 0.3) is 0 Å². The van der Waals surface area contributed by atoms with Crippen LogP contribution in [-0.2, 0) is 10.0 Å². The Morgan fingerprint density at radius 1 is 1.32 bits per heavy atom. The van der Waals surface area contributed by atoms with E-state index < -0.39 is 10.0 Å². The summed E-state index contributed by atoms with van der Waals surface area (Å²) in [4.78, 5) is 4.44. The predicted octanol–water partition coefficient (Wildman–Crippen LogP) is 3.49. The molecule has 2 aromatic rings. The Kier molecular flexibility index (Phi) is 4.42. The Hall–Kier alpha value is -1.50. The Labute approximate surface area is 135 Å². The zero-order valence-corrected chi connectivity index (χ0v) is 13.9. The minimum Gasteiger partial charge on any atom is -0.245 e. The van der Waals surface area contributed by atoms with E-state index in [2.05, 4.69) is 9.71 Å². The van der Waals surface area contributed by atoms with Crippen LogP contribution in [0.15, 0.2) is 41.1 Å². The van der Waals surface area contributed by atoms with Crippen LogP contribution in [0.5, 0.6) is 0 Å². The summed E-state index contributed by atoms with van der Waals surface area (Å²) in [6.07, 6.45) is 3.71. The molecular formula is C16H18N2O2S2. The number of nitrogens with one attached hydrogen (secondary N) is 1. The van der Waals surface area contributed by atoms with Crippen LogP contribution >= 0.6 is 11.3 Å². The van der Waals surface area contributed by atoms with E-state index in [1.807, 2.05) is 42.6 Å². The van der Waals surface area contributed by atoms with Crippen LogP contribution in [0.4, 0.5) is 0 Å². The van der Waals surface area contributed by atoms with E-state index in [0.717, 1.165) is 29.1 Å². The number of benzene rings is 1. The summed E-state index contributed by atoms with van der Waals surface area (Å²) in [5.41, 5.74) is 1.80. The van der Waals surface area contributed by atoms with Crippen LogP contribution in [0.25, 0.3) is 6.08 Å². The van der Waals surface area contributed by atoms with Crippen molar-refractivity contribution < 1.29 is 8.42 Å². The van der Waals surface area contributed by atoms with E-state index in [1.54, 1.807) is 6.08 Å². The summed E-state index contributed by atoms with van der Waals surface area (Å²) in [7, 11) is -3.49. The monoisotopic (exact) mass is 334 g/mol. The van der Waals surface area contributed by atoms with Crippen molar-refractivity contribution in [1.82, 2.24) is 9.71 Å². The van der Waals surface area contributed by atoms with Gasteiger partial charge in [-0.2, -0.15) is 0 Å². The lowest BCUT2D eigenvalue weighted by molar-refractivity contribution is 0.534. The summed E-state index contributed by atoms with van der Waals surface area (Å²) in [6, 6.07) is 9.20. The second-order valence-electron chi connectivity index (χ2n) is 5.52. The zero-order chi connectivity index (χ0) is 15.6. The maximum absolute atomic E-state index is 12.3. The molecule has 1 fully saturated rings. The summed E-state index contributed by atoms with van der Waals surface area (Å²) in [5, 5.41) is 4.05. The fourth-order valence-electron chi connectivity index (χ4n) is 2.24. The number of nitrogens with zero attached hydrogens (tertiary/aromatic N) is 1. The summed E-state index contributed by atoms with van der Waals surface area (Å²) in [5.74, 6) is 0.366. The molecule has 116 valence electrons. The lowest BCUT2D eigenvalue weighted by Gasteiger charge is -2.14. The highest BCUT2D eigenvalue weighted by Gasteiger charge is 2.36. The van der Waals surface area contributed by atoms with Gasteiger partial charge in [-0.05, 0) is 37.3 Å². The van der Waals surface area contributed by atoms with Crippen molar-refractivity contribution in [2.24, 2.45) is 5.92 Å². The van der Waals surface area contributed by atoms with Crippen molar-refractivity contribution in [2.45, 2.75) is 25.8 Å². The number of hydrogen-bond acceptors (Lipinski definition) is 4. The van der Waals surface area contributed by atoms with Crippen molar-refractivity contribution in [3.05, 3.63) is 57.4 Å². The van der Waals surface area contributed by atoms with Gasteiger partial charge in [-0.1, -0.05) is 30.3 Å². The SMILES string of the molecule is Cc1csc(C(NS(=O)(=O)C=Cc2ccccc2)C2CC2)n1. The second-order valence-corrected chi connectivity index (χ2v) is 8.01. The molecule has 4 nitrogen and oxygen atoms in total. The van der Waals surface area contributed by atoms with E-state index >= 15 is 0 Å². The Morgan fingerprint density at radius 3 is 2.64 bits per heavy atom. The summed E-state index contributed by atoms with van der Waals surface area (Å²) >= 11 is 1.52. The van der Waals surface area contributed by atoms with Gasteiger partial charge in [-0.3, -0.25) is 0 Å². The number of rotatable bonds is 6. The molecule has 1 aliphatic rings. The third-order valence-electron chi connectivity index (χ3n) is 3.53. The van der Waals surface area contributed by atoms with Gasteiger partial charge >= 0.3 is 0 Å². The Balaban J connectivity index is 1.75. The highest BCUT2D eigenvalue weighted by molar-refractivity contribution is 7.92. The molecule has 0 amide bonds. The van der Waals surface area contributed by atoms with E-state index in [4.69, 9.17) is 0 Å². The maximum Gasteiger partial charge on any atom is 0.234 e. The quantitative estimate of drug-likeness (QED) is 0.879. The van der Waals surface area contributed by atoms with Gasteiger partial charge in [0.15, 0.2) is 0 Å². The first-order chi connectivity index (χ1) is 10.5. The molecule has 1 N–H and O–H groups in total. The van der Waals surface area contributed by atoms with E-state index in [-0.39, 0.29) is 6.04 Å². The molecule has 22 heavy (non-hydrogen) atoms. The van der Waals surface area contributed by atoms with Crippen molar-refractivity contribution in [2.75, 3.05) is 0 Å². The van der Waals surface area contributed by atoms with Crippen LogP contribution in [0.1, 0.15) is 35.1 Å². The van der Waals surface area contributed by atoms with E-state index in [9.17, 15) is 8.42 Å². The molecule has 1 unspecified atom stereocenters. The molecule has 0 spiro atoms. The number of aryl methyl sites for hydroxylation is 1. The molecule has 0 bridgehead atoms. The molecule has 1 atom stereocenters. The average molecular weight is 334 g/mol. The minimum atomic E-state index is -3.49. The minimum absolute atomic E-state index is 0.205. The lowest BCUT2D eigenvalue weighted by Crippen LogP contribution is -2.28. The van der Waals surface area contributed by atoms with Gasteiger partial charge < -0.3 is 0 Å². The highest BCUT2D eigenvalue weighted by atomic mass is 32.2. The molecule has 6 heteroatoms. The van der Waals surface area contributed by atoms with Crippen LogP contribution in [0, 0.1) is 12.8 Å². The molecular weight excluding hydrogens is 316 g/mol. The first kappa shape index (κ1) is 15.4. The standard InChI is InChI=1S/C16H18N2O2S2/c1-12-11-21-16(17-12)15(14-7-8-14)18-22(19,20)10-9-13-5-3-2-4-6-13/h2-6,9-11,14-15,18H,7-8H2,1H3. The van der Waals surface area contributed by atoms with Crippen molar-refractivity contribution in [3.63, 3.8) is 0 Å². The molecule has 3 rings (SSSR count). The fourth-order valence-corrected chi connectivity index (χ4v) is 4.33. The van der Waals surface area contributed by atoms with Gasteiger partial charge in [-0.25, -0.2) is 18.1 Å². The molecule has 1 heterocycles. The maximum atomic E-state index is 12.3. The molecule has 1 aliphatic carbocycles. The van der Waals surface area contributed by atoms with Crippen molar-refractivity contribution in [3.8, 4) is 0 Å². The third kappa shape index (κ3) is 4.03. The number of hydrogen-bond donors (Lipinski definition) is 1. The van der Waals surface area contributed by atoms with Crippen LogP contribution in [0.2, 0.25) is 0 Å². The van der Waals surface area contributed by atoms with E-state index in [1.165, 1.54) is 16.7 Å². The predicted molar refractivity (Wildman–Crippen MR) is 89.8 cm³/mol. The van der Waals surface area contributed by atoms with Gasteiger partial charge in [-0.15, -0.1) is 11.3 Å². The Morgan fingerprint density at radius 2 is 2.05 bits per heavy atom. The normalized spacial score (nSPS) is 17.0. The molecule has 1 saturated carbocycles. The van der Waals surface area contributed by atoms with Crippen LogP contribution < -0.4 is 4.72 Å². The molecule has 1 aromatic carbocycles. The zero-order valence-electron chi connectivity index (χ0n) is 12.3. The summed E-state index contributed by atoms with van der Waals surface area (Å²) < 4.78 is 27.4. The number of thiazole rings is 1. The molecule has 1 aromatic heterocycles. The largest absolute Gasteiger partial charge is 0.245 e. The third-order valence-corrected chi connectivity index (χ3v) is 5.65. The molecule has 0 aliphatic heterocycles. The van der Waals surface area contributed by atoms with Crippen LogP contribution in [0.3, 0.4) is 0 Å². The van der Waals surface area contributed by atoms with Gasteiger partial charge in [0.2, 0.25) is 10.0 Å².